The first kappa shape index (κ1) is 22.8. The van der Waals surface area contributed by atoms with Crippen LogP contribution >= 0.6 is 11.3 Å². The van der Waals surface area contributed by atoms with Gasteiger partial charge < -0.3 is 19.9 Å². The summed E-state index contributed by atoms with van der Waals surface area (Å²) in [5.74, 6) is 0.916. The third-order valence-electron chi connectivity index (χ3n) is 5.12. The molecule has 0 radical (unpaired) electrons. The van der Waals surface area contributed by atoms with E-state index in [1.54, 1.807) is 55.5 Å². The molecule has 170 valence electrons. The fourth-order valence-electron chi connectivity index (χ4n) is 3.41. The molecular formula is C26H24FNO4S. The van der Waals surface area contributed by atoms with Crippen LogP contribution in [0.4, 0.5) is 4.39 Å². The van der Waals surface area contributed by atoms with E-state index in [0.29, 0.717) is 44.4 Å². The van der Waals surface area contributed by atoms with Gasteiger partial charge in [-0.3, -0.25) is 4.79 Å². The van der Waals surface area contributed by atoms with E-state index in [4.69, 9.17) is 9.47 Å². The predicted molar refractivity (Wildman–Crippen MR) is 129 cm³/mol. The van der Waals surface area contributed by atoms with E-state index in [2.05, 4.69) is 5.32 Å². The Labute approximate surface area is 195 Å². The van der Waals surface area contributed by atoms with Crippen LogP contribution in [0.5, 0.6) is 23.0 Å². The molecule has 3 aromatic carbocycles. The minimum absolute atomic E-state index is 0.0929. The van der Waals surface area contributed by atoms with Crippen molar-refractivity contribution in [2.75, 3.05) is 19.7 Å². The number of aromatic hydroxyl groups is 1. The van der Waals surface area contributed by atoms with Crippen molar-refractivity contribution in [3.05, 3.63) is 82.5 Å². The molecule has 4 rings (SSSR count). The Bertz CT molecular complexity index is 1280. The number of ketones is 1. The molecule has 1 heterocycles. The van der Waals surface area contributed by atoms with Gasteiger partial charge in [0.05, 0.1) is 0 Å². The zero-order valence-electron chi connectivity index (χ0n) is 18.4. The first-order valence-corrected chi connectivity index (χ1v) is 11.5. The van der Waals surface area contributed by atoms with Crippen LogP contribution in [0.25, 0.3) is 10.1 Å². The van der Waals surface area contributed by atoms with Crippen molar-refractivity contribution < 1.29 is 23.8 Å². The van der Waals surface area contributed by atoms with Gasteiger partial charge in [-0.15, -0.1) is 11.3 Å². The quantitative estimate of drug-likeness (QED) is 0.232. The average molecular weight is 466 g/mol. The number of carbonyl (C=O) groups excluding carboxylic acids is 1. The van der Waals surface area contributed by atoms with Crippen LogP contribution in [-0.4, -0.2) is 30.6 Å². The van der Waals surface area contributed by atoms with Crippen molar-refractivity contribution in [3.8, 4) is 23.0 Å². The van der Waals surface area contributed by atoms with E-state index in [-0.39, 0.29) is 17.1 Å². The number of ether oxygens (including phenoxy) is 2. The zero-order valence-corrected chi connectivity index (χ0v) is 19.2. The van der Waals surface area contributed by atoms with Crippen molar-refractivity contribution in [1.29, 1.82) is 0 Å². The molecule has 0 spiro atoms. The third kappa shape index (κ3) is 5.16. The molecule has 5 nitrogen and oxygen atoms in total. The molecule has 4 aromatic rings. The predicted octanol–water partition coefficient (Wildman–Crippen LogP) is 6.07. The molecule has 7 heteroatoms. The van der Waals surface area contributed by atoms with Crippen molar-refractivity contribution in [2.24, 2.45) is 0 Å². The molecule has 0 saturated carbocycles. The Morgan fingerprint density at radius 3 is 2.58 bits per heavy atom. The van der Waals surface area contributed by atoms with E-state index in [1.807, 2.05) is 6.92 Å². The highest BCUT2D eigenvalue weighted by Gasteiger charge is 2.23. The Kier molecular flexibility index (Phi) is 6.91. The first-order valence-electron chi connectivity index (χ1n) is 10.6. The number of halogens is 1. The lowest BCUT2D eigenvalue weighted by atomic mass is 10.0. The molecule has 1 aromatic heterocycles. The number of hydrogen-bond acceptors (Lipinski definition) is 6. The lowest BCUT2D eigenvalue weighted by Gasteiger charge is -2.10. The lowest BCUT2D eigenvalue weighted by molar-refractivity contribution is 0.103. The number of likely N-dealkylation sites (N-methyl/N-ethyl adjacent to an activating group) is 1. The SMILES string of the molecule is CCNCCOc1ccc(Oc2c(C(=O)c3cc(F)ccc3C)sc3cc(O)ccc23)cc1. The molecule has 0 aliphatic carbocycles. The number of hydrogen-bond donors (Lipinski definition) is 2. The second-order valence-corrected chi connectivity index (χ2v) is 8.56. The van der Waals surface area contributed by atoms with Crippen LogP contribution in [0.2, 0.25) is 0 Å². The summed E-state index contributed by atoms with van der Waals surface area (Å²) >= 11 is 1.21. The van der Waals surface area contributed by atoms with E-state index in [0.717, 1.165) is 13.1 Å². The Morgan fingerprint density at radius 2 is 1.82 bits per heavy atom. The maximum Gasteiger partial charge on any atom is 0.207 e. The first-order chi connectivity index (χ1) is 16.0. The number of rotatable bonds is 9. The summed E-state index contributed by atoms with van der Waals surface area (Å²) in [6.45, 7) is 6.00. The number of aryl methyl sites for hydroxylation is 1. The summed E-state index contributed by atoms with van der Waals surface area (Å²) in [6.07, 6.45) is 0. The van der Waals surface area contributed by atoms with E-state index in [9.17, 15) is 14.3 Å². The van der Waals surface area contributed by atoms with Gasteiger partial charge in [0.25, 0.3) is 0 Å². The topological polar surface area (TPSA) is 67.8 Å². The van der Waals surface area contributed by atoms with Gasteiger partial charge in [0.1, 0.15) is 34.5 Å². The molecule has 33 heavy (non-hydrogen) atoms. The Hall–Kier alpha value is -3.42. The minimum atomic E-state index is -0.477. The van der Waals surface area contributed by atoms with Crippen LogP contribution in [0.3, 0.4) is 0 Å². The summed E-state index contributed by atoms with van der Waals surface area (Å²) in [6, 6.07) is 16.1. The maximum atomic E-state index is 13.9. The summed E-state index contributed by atoms with van der Waals surface area (Å²) in [5, 5.41) is 13.8. The Balaban J connectivity index is 1.67. The van der Waals surface area contributed by atoms with Crippen LogP contribution in [0.1, 0.15) is 27.7 Å². The monoisotopic (exact) mass is 465 g/mol. The van der Waals surface area contributed by atoms with E-state index in [1.165, 1.54) is 23.5 Å². The molecule has 0 atom stereocenters. The van der Waals surface area contributed by atoms with Crippen molar-refractivity contribution >= 4 is 27.2 Å². The van der Waals surface area contributed by atoms with Crippen molar-refractivity contribution in [3.63, 3.8) is 0 Å². The van der Waals surface area contributed by atoms with Crippen LogP contribution in [0, 0.1) is 12.7 Å². The normalized spacial score (nSPS) is 11.0. The molecule has 0 aliphatic heterocycles. The largest absolute Gasteiger partial charge is 0.508 e. The van der Waals surface area contributed by atoms with Gasteiger partial charge in [-0.2, -0.15) is 0 Å². The van der Waals surface area contributed by atoms with Gasteiger partial charge in [0.15, 0.2) is 5.75 Å². The van der Waals surface area contributed by atoms with Crippen molar-refractivity contribution in [2.45, 2.75) is 13.8 Å². The standard InChI is InChI=1S/C26H24FNO4S/c1-3-28-12-13-31-19-7-9-20(10-8-19)32-25-21-11-6-18(29)15-23(21)33-26(25)24(30)22-14-17(27)5-4-16(22)2/h4-11,14-15,28-29H,3,12-13H2,1-2H3. The van der Waals surface area contributed by atoms with Gasteiger partial charge in [0.2, 0.25) is 5.78 Å². The number of benzene rings is 3. The Morgan fingerprint density at radius 1 is 1.06 bits per heavy atom. The lowest BCUT2D eigenvalue weighted by Crippen LogP contribution is -2.20. The van der Waals surface area contributed by atoms with Crippen LogP contribution < -0.4 is 14.8 Å². The number of phenols is 1. The smallest absolute Gasteiger partial charge is 0.207 e. The number of nitrogens with one attached hydrogen (secondary N) is 1. The van der Waals surface area contributed by atoms with Gasteiger partial charge in [0, 0.05) is 22.2 Å². The molecule has 0 bridgehead atoms. The third-order valence-corrected chi connectivity index (χ3v) is 6.25. The highest BCUT2D eigenvalue weighted by atomic mass is 32.1. The second kappa shape index (κ2) is 10.0. The summed E-state index contributed by atoms with van der Waals surface area (Å²) < 4.78 is 26.4. The highest BCUT2D eigenvalue weighted by molar-refractivity contribution is 7.21. The molecule has 0 aliphatic rings. The molecule has 0 saturated heterocycles. The fraction of sp³-hybridized carbons (Fsp3) is 0.192. The number of carbonyl (C=O) groups is 1. The summed E-state index contributed by atoms with van der Waals surface area (Å²) in [4.78, 5) is 13.7. The number of fused-ring (bicyclic) bond motifs is 1. The summed E-state index contributed by atoms with van der Waals surface area (Å²) in [5.41, 5.74) is 0.951. The van der Waals surface area contributed by atoms with E-state index >= 15 is 0 Å². The van der Waals surface area contributed by atoms with Crippen LogP contribution in [0.15, 0.2) is 60.7 Å². The zero-order chi connectivity index (χ0) is 23.4. The molecular weight excluding hydrogens is 441 g/mol. The van der Waals surface area contributed by atoms with Gasteiger partial charge >= 0.3 is 0 Å². The molecule has 0 unspecified atom stereocenters. The maximum absolute atomic E-state index is 13.9. The molecule has 2 N–H and O–H groups in total. The molecule has 0 amide bonds. The fourth-order valence-corrected chi connectivity index (χ4v) is 4.53. The average Bonchev–Trinajstić information content (AvgIpc) is 3.16. The van der Waals surface area contributed by atoms with Gasteiger partial charge in [-0.05, 0) is 73.6 Å². The van der Waals surface area contributed by atoms with Crippen molar-refractivity contribution in [1.82, 2.24) is 5.32 Å². The number of phenolic OH excluding ortho intramolecular Hbond substituents is 1. The minimum Gasteiger partial charge on any atom is -0.508 e. The van der Waals surface area contributed by atoms with Crippen LogP contribution in [-0.2, 0) is 0 Å². The molecule has 0 fully saturated rings. The second-order valence-electron chi connectivity index (χ2n) is 7.50. The van der Waals surface area contributed by atoms with Gasteiger partial charge in [-0.1, -0.05) is 13.0 Å². The van der Waals surface area contributed by atoms with Gasteiger partial charge in [-0.25, -0.2) is 4.39 Å². The summed E-state index contributed by atoms with van der Waals surface area (Å²) in [7, 11) is 0. The highest BCUT2D eigenvalue weighted by Crippen LogP contribution is 2.43. The van der Waals surface area contributed by atoms with E-state index < -0.39 is 5.82 Å². The number of thiophene rings is 1.